The molecule has 0 aromatic heterocycles. The first-order valence-electron chi connectivity index (χ1n) is 6.69. The molecule has 0 spiro atoms. The Kier molecular flexibility index (Phi) is 4.53. The molecule has 0 bridgehead atoms. The van der Waals surface area contributed by atoms with Crippen molar-refractivity contribution in [2.24, 2.45) is 0 Å². The maximum absolute atomic E-state index is 10.9. The molecule has 21 heavy (non-hydrogen) atoms. The van der Waals surface area contributed by atoms with Crippen LogP contribution < -0.4 is 4.74 Å². The zero-order chi connectivity index (χ0) is 15.6. The van der Waals surface area contributed by atoms with E-state index in [1.54, 1.807) is 6.07 Å². The van der Waals surface area contributed by atoms with Gasteiger partial charge in [0.05, 0.1) is 10.6 Å². The smallest absolute Gasteiger partial charge is 0.337 e. The Hall–Kier alpha value is -2.00. The second kappa shape index (κ2) is 6.19. The highest BCUT2D eigenvalue weighted by Crippen LogP contribution is 2.29. The second-order valence-corrected chi connectivity index (χ2v) is 5.63. The highest BCUT2D eigenvalue weighted by molar-refractivity contribution is 6.33. The first-order valence-corrected chi connectivity index (χ1v) is 7.07. The molecular formula is C17H17ClO3. The largest absolute Gasteiger partial charge is 0.478 e. The minimum Gasteiger partial charge on any atom is -0.478 e. The van der Waals surface area contributed by atoms with Crippen molar-refractivity contribution in [2.75, 3.05) is 0 Å². The van der Waals surface area contributed by atoms with Gasteiger partial charge in [-0.3, -0.25) is 0 Å². The van der Waals surface area contributed by atoms with E-state index in [9.17, 15) is 4.79 Å². The number of aromatic carboxylic acids is 1. The Balaban J connectivity index is 2.24. The SMILES string of the molecule is Cc1cc(Oc2ccc(C(=O)O)c(Cl)c2)ccc1C(C)C. The maximum atomic E-state index is 10.9. The van der Waals surface area contributed by atoms with E-state index in [-0.39, 0.29) is 10.6 Å². The summed E-state index contributed by atoms with van der Waals surface area (Å²) in [7, 11) is 0. The quantitative estimate of drug-likeness (QED) is 0.837. The fraction of sp³-hybridized carbons (Fsp3) is 0.235. The number of hydrogen-bond acceptors (Lipinski definition) is 2. The molecule has 0 aliphatic rings. The van der Waals surface area contributed by atoms with Crippen molar-refractivity contribution in [2.45, 2.75) is 26.7 Å². The minimum atomic E-state index is -1.05. The Morgan fingerprint density at radius 2 is 1.76 bits per heavy atom. The molecule has 3 nitrogen and oxygen atoms in total. The van der Waals surface area contributed by atoms with E-state index in [1.165, 1.54) is 17.7 Å². The fourth-order valence-electron chi connectivity index (χ4n) is 2.23. The summed E-state index contributed by atoms with van der Waals surface area (Å²) in [5.74, 6) is 0.629. The Labute approximate surface area is 129 Å². The van der Waals surface area contributed by atoms with Gasteiger partial charge in [0.15, 0.2) is 0 Å². The van der Waals surface area contributed by atoms with Crippen LogP contribution in [0.25, 0.3) is 0 Å². The van der Waals surface area contributed by atoms with Crippen molar-refractivity contribution in [3.8, 4) is 11.5 Å². The average molecular weight is 305 g/mol. The fourth-order valence-corrected chi connectivity index (χ4v) is 2.48. The molecule has 0 aliphatic carbocycles. The molecule has 0 amide bonds. The molecule has 4 heteroatoms. The monoisotopic (exact) mass is 304 g/mol. The zero-order valence-electron chi connectivity index (χ0n) is 12.2. The van der Waals surface area contributed by atoms with Gasteiger partial charge in [-0.15, -0.1) is 0 Å². The van der Waals surface area contributed by atoms with Gasteiger partial charge in [0, 0.05) is 6.07 Å². The molecule has 2 rings (SSSR count). The van der Waals surface area contributed by atoms with E-state index in [0.29, 0.717) is 17.4 Å². The number of hydrogen-bond donors (Lipinski definition) is 1. The summed E-state index contributed by atoms with van der Waals surface area (Å²) >= 11 is 5.93. The number of carbonyl (C=O) groups is 1. The lowest BCUT2D eigenvalue weighted by Gasteiger charge is -2.12. The van der Waals surface area contributed by atoms with Crippen LogP contribution in [0, 0.1) is 6.92 Å². The van der Waals surface area contributed by atoms with Crippen LogP contribution in [-0.2, 0) is 0 Å². The van der Waals surface area contributed by atoms with E-state index in [2.05, 4.69) is 13.8 Å². The highest BCUT2D eigenvalue weighted by Gasteiger charge is 2.10. The summed E-state index contributed by atoms with van der Waals surface area (Å²) in [6.07, 6.45) is 0. The van der Waals surface area contributed by atoms with Crippen LogP contribution >= 0.6 is 11.6 Å². The third-order valence-corrected chi connectivity index (χ3v) is 3.58. The lowest BCUT2D eigenvalue weighted by molar-refractivity contribution is 0.0697. The molecule has 0 radical (unpaired) electrons. The number of halogens is 1. The molecule has 0 saturated carbocycles. The van der Waals surface area contributed by atoms with Crippen molar-refractivity contribution in [3.63, 3.8) is 0 Å². The molecule has 0 aliphatic heterocycles. The summed E-state index contributed by atoms with van der Waals surface area (Å²) < 4.78 is 5.73. The molecule has 0 saturated heterocycles. The van der Waals surface area contributed by atoms with Crippen molar-refractivity contribution < 1.29 is 14.6 Å². The predicted molar refractivity (Wildman–Crippen MR) is 83.8 cm³/mol. The van der Waals surface area contributed by atoms with Gasteiger partial charge in [-0.1, -0.05) is 31.5 Å². The van der Waals surface area contributed by atoms with Gasteiger partial charge in [0.2, 0.25) is 0 Å². The summed E-state index contributed by atoms with van der Waals surface area (Å²) in [5, 5.41) is 9.10. The summed E-state index contributed by atoms with van der Waals surface area (Å²) in [6.45, 7) is 6.34. The van der Waals surface area contributed by atoms with Crippen LogP contribution in [0.4, 0.5) is 0 Å². The van der Waals surface area contributed by atoms with Gasteiger partial charge in [-0.05, 0) is 48.2 Å². The lowest BCUT2D eigenvalue weighted by atomic mass is 9.98. The molecule has 0 fully saturated rings. The van der Waals surface area contributed by atoms with Crippen molar-refractivity contribution >= 4 is 17.6 Å². The first-order chi connectivity index (χ1) is 9.88. The first kappa shape index (κ1) is 15.4. The molecule has 2 aromatic carbocycles. The molecular weight excluding hydrogens is 288 g/mol. The molecule has 110 valence electrons. The normalized spacial score (nSPS) is 10.7. The second-order valence-electron chi connectivity index (χ2n) is 5.22. The average Bonchev–Trinajstić information content (AvgIpc) is 2.37. The third-order valence-electron chi connectivity index (χ3n) is 3.27. The predicted octanol–water partition coefficient (Wildman–Crippen LogP) is 5.26. The topological polar surface area (TPSA) is 46.5 Å². The summed E-state index contributed by atoms with van der Waals surface area (Å²) in [4.78, 5) is 10.9. The van der Waals surface area contributed by atoms with Crippen molar-refractivity contribution in [1.82, 2.24) is 0 Å². The molecule has 0 heterocycles. The maximum Gasteiger partial charge on any atom is 0.337 e. The summed E-state index contributed by atoms with van der Waals surface area (Å²) in [6, 6.07) is 10.5. The molecule has 2 aromatic rings. The van der Waals surface area contributed by atoms with Gasteiger partial charge in [-0.2, -0.15) is 0 Å². The highest BCUT2D eigenvalue weighted by atomic mass is 35.5. The van der Waals surface area contributed by atoms with E-state index in [1.807, 2.05) is 25.1 Å². The van der Waals surface area contributed by atoms with E-state index >= 15 is 0 Å². The van der Waals surface area contributed by atoms with Gasteiger partial charge >= 0.3 is 5.97 Å². The molecule has 0 unspecified atom stereocenters. The van der Waals surface area contributed by atoms with Gasteiger partial charge in [0.25, 0.3) is 0 Å². The zero-order valence-corrected chi connectivity index (χ0v) is 12.9. The number of rotatable bonds is 4. The number of carboxylic acid groups (broad SMARTS) is 1. The van der Waals surface area contributed by atoms with Gasteiger partial charge in [-0.25, -0.2) is 4.79 Å². The number of benzene rings is 2. The Morgan fingerprint density at radius 3 is 2.29 bits per heavy atom. The number of carboxylic acids is 1. The lowest BCUT2D eigenvalue weighted by Crippen LogP contribution is -1.97. The van der Waals surface area contributed by atoms with Crippen LogP contribution in [0.3, 0.4) is 0 Å². The summed E-state index contributed by atoms with van der Waals surface area (Å²) in [5.41, 5.74) is 2.51. The molecule has 1 N–H and O–H groups in total. The number of aryl methyl sites for hydroxylation is 1. The van der Waals surface area contributed by atoms with E-state index in [4.69, 9.17) is 21.4 Å². The van der Waals surface area contributed by atoms with E-state index in [0.717, 1.165) is 5.56 Å². The van der Waals surface area contributed by atoms with E-state index < -0.39 is 5.97 Å². The number of ether oxygens (including phenoxy) is 1. The Bertz CT molecular complexity index is 678. The van der Waals surface area contributed by atoms with Gasteiger partial charge < -0.3 is 9.84 Å². The van der Waals surface area contributed by atoms with Crippen LogP contribution in [-0.4, -0.2) is 11.1 Å². The molecule has 0 atom stereocenters. The Morgan fingerprint density at radius 1 is 1.14 bits per heavy atom. The van der Waals surface area contributed by atoms with Crippen LogP contribution in [0.1, 0.15) is 41.3 Å². The van der Waals surface area contributed by atoms with Crippen LogP contribution in [0.2, 0.25) is 5.02 Å². The van der Waals surface area contributed by atoms with Crippen LogP contribution in [0.5, 0.6) is 11.5 Å². The van der Waals surface area contributed by atoms with Crippen molar-refractivity contribution in [3.05, 3.63) is 58.1 Å². The third kappa shape index (κ3) is 3.56. The minimum absolute atomic E-state index is 0.0651. The van der Waals surface area contributed by atoms with Crippen LogP contribution in [0.15, 0.2) is 36.4 Å². The van der Waals surface area contributed by atoms with Crippen molar-refractivity contribution in [1.29, 1.82) is 0 Å². The van der Waals surface area contributed by atoms with Gasteiger partial charge in [0.1, 0.15) is 11.5 Å². The standard InChI is InChI=1S/C17H17ClO3/c1-10(2)14-6-4-12(8-11(14)3)21-13-5-7-15(17(19)20)16(18)9-13/h4-10H,1-3H3,(H,19,20).